The zero-order valence-corrected chi connectivity index (χ0v) is 20.0. The van der Waals surface area contributed by atoms with Crippen molar-refractivity contribution in [2.75, 3.05) is 20.1 Å². The lowest BCUT2D eigenvalue weighted by atomic mass is 9.89. The third-order valence-electron chi connectivity index (χ3n) is 6.42. The fourth-order valence-electron chi connectivity index (χ4n) is 4.44. The standard InChI is InChI=1S/C27H32N4O3/c1-19-11-12-24(26(32)30(3)18-23-10-7-17-34-23)25(28-19)22-13-15-31(16-14-22)27(33)29-20(2)21-8-5-4-6-9-21/h4-12,17,20,22H,13-16,18H2,1-3H3,(H,29,33). The Balaban J connectivity index is 1.40. The van der Waals surface area contributed by atoms with Gasteiger partial charge in [-0.2, -0.15) is 0 Å². The van der Waals surface area contributed by atoms with Crippen LogP contribution in [0.4, 0.5) is 4.79 Å². The van der Waals surface area contributed by atoms with Crippen molar-refractivity contribution in [2.24, 2.45) is 0 Å². The van der Waals surface area contributed by atoms with Gasteiger partial charge in [0.15, 0.2) is 0 Å². The number of rotatable bonds is 6. The lowest BCUT2D eigenvalue weighted by Gasteiger charge is -2.33. The van der Waals surface area contributed by atoms with E-state index in [2.05, 4.69) is 5.32 Å². The van der Waals surface area contributed by atoms with Gasteiger partial charge in [0, 0.05) is 31.7 Å². The molecule has 1 aliphatic rings. The van der Waals surface area contributed by atoms with Crippen LogP contribution in [0.5, 0.6) is 0 Å². The van der Waals surface area contributed by atoms with Gasteiger partial charge in [0.1, 0.15) is 5.76 Å². The Labute approximate surface area is 200 Å². The number of aromatic nitrogens is 1. The van der Waals surface area contributed by atoms with Crippen molar-refractivity contribution in [1.82, 2.24) is 20.1 Å². The van der Waals surface area contributed by atoms with Crippen molar-refractivity contribution in [1.29, 1.82) is 0 Å². The molecule has 3 amide bonds. The lowest BCUT2D eigenvalue weighted by molar-refractivity contribution is 0.0772. The SMILES string of the molecule is Cc1ccc(C(=O)N(C)Cc2ccco2)c(C2CCN(C(=O)NC(C)c3ccccc3)CC2)n1. The monoisotopic (exact) mass is 460 g/mol. The number of urea groups is 1. The largest absolute Gasteiger partial charge is 0.467 e. The molecule has 7 nitrogen and oxygen atoms in total. The number of likely N-dealkylation sites (tertiary alicyclic amines) is 1. The zero-order chi connectivity index (χ0) is 24.1. The highest BCUT2D eigenvalue weighted by atomic mass is 16.3. The van der Waals surface area contributed by atoms with Crippen LogP contribution < -0.4 is 5.32 Å². The first-order chi connectivity index (χ1) is 16.4. The van der Waals surface area contributed by atoms with Gasteiger partial charge in [0.05, 0.1) is 30.1 Å². The summed E-state index contributed by atoms with van der Waals surface area (Å²) in [5.41, 5.74) is 3.42. The van der Waals surface area contributed by atoms with E-state index in [1.54, 1.807) is 18.2 Å². The van der Waals surface area contributed by atoms with Crippen molar-refractivity contribution in [3.8, 4) is 0 Å². The summed E-state index contributed by atoms with van der Waals surface area (Å²) in [7, 11) is 1.77. The second-order valence-corrected chi connectivity index (χ2v) is 8.97. The van der Waals surface area contributed by atoms with Crippen LogP contribution in [0.25, 0.3) is 0 Å². The number of nitrogens with zero attached hydrogens (tertiary/aromatic N) is 3. The minimum absolute atomic E-state index is 0.0542. The quantitative estimate of drug-likeness (QED) is 0.567. The average Bonchev–Trinajstić information content (AvgIpc) is 3.37. The Hall–Kier alpha value is -3.61. The van der Waals surface area contributed by atoms with Crippen molar-refractivity contribution in [3.05, 3.63) is 89.1 Å². The minimum atomic E-state index is -0.0734. The molecule has 4 rings (SSSR count). The number of furan rings is 1. The summed E-state index contributed by atoms with van der Waals surface area (Å²) in [5, 5.41) is 3.10. The van der Waals surface area contributed by atoms with E-state index >= 15 is 0 Å². The van der Waals surface area contributed by atoms with Crippen LogP contribution in [-0.2, 0) is 6.54 Å². The Morgan fingerprint density at radius 2 is 1.85 bits per heavy atom. The van der Waals surface area contributed by atoms with Crippen molar-refractivity contribution < 1.29 is 14.0 Å². The van der Waals surface area contributed by atoms with E-state index in [0.717, 1.165) is 35.6 Å². The van der Waals surface area contributed by atoms with Crippen LogP contribution in [-0.4, -0.2) is 46.9 Å². The number of hydrogen-bond donors (Lipinski definition) is 1. The van der Waals surface area contributed by atoms with Crippen LogP contribution in [0.1, 0.15) is 64.8 Å². The maximum atomic E-state index is 13.2. The van der Waals surface area contributed by atoms with Gasteiger partial charge in [-0.15, -0.1) is 0 Å². The zero-order valence-electron chi connectivity index (χ0n) is 20.0. The molecule has 1 unspecified atom stereocenters. The fraction of sp³-hybridized carbons (Fsp3) is 0.370. The molecular weight excluding hydrogens is 428 g/mol. The molecule has 2 aromatic heterocycles. The van der Waals surface area contributed by atoms with Gasteiger partial charge in [-0.3, -0.25) is 9.78 Å². The van der Waals surface area contributed by atoms with Gasteiger partial charge in [-0.25, -0.2) is 4.79 Å². The molecule has 0 spiro atoms. The molecule has 178 valence electrons. The summed E-state index contributed by atoms with van der Waals surface area (Å²) in [5.74, 6) is 0.795. The molecule has 7 heteroatoms. The molecule has 3 heterocycles. The summed E-state index contributed by atoms with van der Waals surface area (Å²) in [6, 6.07) is 17.3. The highest BCUT2D eigenvalue weighted by molar-refractivity contribution is 5.95. The van der Waals surface area contributed by atoms with E-state index in [4.69, 9.17) is 9.40 Å². The van der Waals surface area contributed by atoms with Gasteiger partial charge in [-0.05, 0) is 56.5 Å². The Bertz CT molecular complexity index is 1110. The van der Waals surface area contributed by atoms with Crippen LogP contribution in [0.15, 0.2) is 65.3 Å². The lowest BCUT2D eigenvalue weighted by Crippen LogP contribution is -2.45. The number of benzene rings is 1. The number of nitrogens with one attached hydrogen (secondary N) is 1. The smallest absolute Gasteiger partial charge is 0.317 e. The van der Waals surface area contributed by atoms with Crippen LogP contribution in [0, 0.1) is 6.92 Å². The molecule has 3 aromatic rings. The number of amides is 3. The highest BCUT2D eigenvalue weighted by Gasteiger charge is 2.29. The third kappa shape index (κ3) is 5.47. The maximum absolute atomic E-state index is 13.2. The molecule has 34 heavy (non-hydrogen) atoms. The normalized spacial score (nSPS) is 15.1. The number of carbonyl (C=O) groups is 2. The summed E-state index contributed by atoms with van der Waals surface area (Å²) in [6.45, 7) is 5.59. The summed E-state index contributed by atoms with van der Waals surface area (Å²) < 4.78 is 5.39. The van der Waals surface area contributed by atoms with Crippen molar-refractivity contribution in [2.45, 2.75) is 45.2 Å². The Kier molecular flexibility index (Phi) is 7.30. The van der Waals surface area contributed by atoms with Crippen molar-refractivity contribution >= 4 is 11.9 Å². The molecule has 1 N–H and O–H groups in total. The maximum Gasteiger partial charge on any atom is 0.317 e. The number of aryl methyl sites for hydroxylation is 1. The van der Waals surface area contributed by atoms with Gasteiger partial charge in [0.2, 0.25) is 0 Å². The van der Waals surface area contributed by atoms with E-state index in [1.807, 2.05) is 73.3 Å². The van der Waals surface area contributed by atoms with Gasteiger partial charge < -0.3 is 19.5 Å². The van der Waals surface area contributed by atoms with Gasteiger partial charge in [0.25, 0.3) is 5.91 Å². The van der Waals surface area contributed by atoms with E-state index < -0.39 is 0 Å². The topological polar surface area (TPSA) is 78.7 Å². The molecule has 1 aliphatic heterocycles. The van der Waals surface area contributed by atoms with Gasteiger partial charge >= 0.3 is 6.03 Å². The molecule has 1 fully saturated rings. The van der Waals surface area contributed by atoms with E-state index in [9.17, 15) is 9.59 Å². The molecule has 1 aromatic carbocycles. The number of hydrogen-bond acceptors (Lipinski definition) is 4. The van der Waals surface area contributed by atoms with Gasteiger partial charge in [-0.1, -0.05) is 30.3 Å². The average molecular weight is 461 g/mol. The molecule has 0 aliphatic carbocycles. The summed E-state index contributed by atoms with van der Waals surface area (Å²) >= 11 is 0. The molecule has 1 saturated heterocycles. The van der Waals surface area contributed by atoms with Crippen LogP contribution in [0.2, 0.25) is 0 Å². The van der Waals surface area contributed by atoms with E-state index in [1.165, 1.54) is 0 Å². The fourth-order valence-corrected chi connectivity index (χ4v) is 4.44. The Morgan fingerprint density at radius 1 is 1.12 bits per heavy atom. The second kappa shape index (κ2) is 10.5. The van der Waals surface area contributed by atoms with Crippen LogP contribution >= 0.6 is 0 Å². The highest BCUT2D eigenvalue weighted by Crippen LogP contribution is 2.30. The molecule has 0 saturated carbocycles. The predicted octanol–water partition coefficient (Wildman–Crippen LogP) is 4.91. The molecular formula is C27H32N4O3. The second-order valence-electron chi connectivity index (χ2n) is 8.97. The van der Waals surface area contributed by atoms with E-state index in [-0.39, 0.29) is 23.9 Å². The number of pyridine rings is 1. The first-order valence-electron chi connectivity index (χ1n) is 11.8. The van der Waals surface area contributed by atoms with E-state index in [0.29, 0.717) is 25.2 Å². The van der Waals surface area contributed by atoms with Crippen molar-refractivity contribution in [3.63, 3.8) is 0 Å². The molecule has 1 atom stereocenters. The number of piperidine rings is 1. The summed E-state index contributed by atoms with van der Waals surface area (Å²) in [6.07, 6.45) is 3.15. The first-order valence-corrected chi connectivity index (χ1v) is 11.8. The first kappa shape index (κ1) is 23.5. The number of carbonyl (C=O) groups excluding carboxylic acids is 2. The Morgan fingerprint density at radius 3 is 2.53 bits per heavy atom. The minimum Gasteiger partial charge on any atom is -0.467 e. The predicted molar refractivity (Wildman–Crippen MR) is 130 cm³/mol. The summed E-state index contributed by atoms with van der Waals surface area (Å²) in [4.78, 5) is 34.3. The third-order valence-corrected chi connectivity index (χ3v) is 6.42. The van der Waals surface area contributed by atoms with Crippen LogP contribution in [0.3, 0.4) is 0 Å². The molecule has 0 radical (unpaired) electrons. The molecule has 0 bridgehead atoms.